The zero-order chi connectivity index (χ0) is 19.4. The number of nitrogens with zero attached hydrogens (tertiary/aromatic N) is 2. The molecule has 7 heteroatoms. The number of carbonyl (C=O) groups is 2. The maximum atomic E-state index is 12.7. The van der Waals surface area contributed by atoms with E-state index in [1.165, 1.54) is 5.56 Å². The predicted octanol–water partition coefficient (Wildman–Crippen LogP) is 2.24. The normalized spacial score (nSPS) is 23.1. The van der Waals surface area contributed by atoms with Gasteiger partial charge < -0.3 is 20.3 Å². The summed E-state index contributed by atoms with van der Waals surface area (Å²) in [6.45, 7) is 6.20. The molecule has 2 N–H and O–H groups in total. The highest BCUT2D eigenvalue weighted by atomic mass is 35.5. The minimum atomic E-state index is -0.535. The zero-order valence-electron chi connectivity index (χ0n) is 16.8. The van der Waals surface area contributed by atoms with Crippen LogP contribution in [0.25, 0.3) is 0 Å². The van der Waals surface area contributed by atoms with Crippen LogP contribution in [0.2, 0.25) is 0 Å². The number of hydrogen-bond acceptors (Lipinski definition) is 4. The average molecular weight is 410 g/mol. The molecule has 28 heavy (non-hydrogen) atoms. The number of benzene rings is 1. The Hall–Kier alpha value is -1.79. The van der Waals surface area contributed by atoms with Gasteiger partial charge >= 0.3 is 0 Å². The quantitative estimate of drug-likeness (QED) is 0.809. The van der Waals surface area contributed by atoms with Gasteiger partial charge in [0.05, 0.1) is 0 Å². The van der Waals surface area contributed by atoms with Crippen LogP contribution in [0.4, 0.5) is 0 Å². The van der Waals surface area contributed by atoms with Gasteiger partial charge in [0.2, 0.25) is 5.91 Å². The first-order valence-electron chi connectivity index (χ1n) is 10.1. The first-order valence-corrected chi connectivity index (χ1v) is 10.1. The molecule has 1 saturated carbocycles. The van der Waals surface area contributed by atoms with E-state index < -0.39 is 6.10 Å². The van der Waals surface area contributed by atoms with Crippen LogP contribution in [0.3, 0.4) is 0 Å². The third-order valence-electron chi connectivity index (χ3n) is 5.72. The molecule has 0 spiro atoms. The summed E-state index contributed by atoms with van der Waals surface area (Å²) < 4.78 is 5.81. The van der Waals surface area contributed by atoms with Crippen molar-refractivity contribution in [2.45, 2.75) is 51.7 Å². The van der Waals surface area contributed by atoms with E-state index in [0.29, 0.717) is 31.9 Å². The van der Waals surface area contributed by atoms with E-state index in [4.69, 9.17) is 10.5 Å². The van der Waals surface area contributed by atoms with E-state index in [1.807, 2.05) is 29.2 Å². The lowest BCUT2D eigenvalue weighted by Crippen LogP contribution is -2.54. The maximum Gasteiger partial charge on any atom is 0.263 e. The Kier molecular flexibility index (Phi) is 8.13. The fraction of sp³-hybridized carbons (Fsp3) is 0.619. The predicted molar refractivity (Wildman–Crippen MR) is 112 cm³/mol. The molecule has 0 radical (unpaired) electrons. The average Bonchev–Trinajstić information content (AvgIpc) is 3.14. The molecular formula is C21H32ClN3O3. The third-order valence-corrected chi connectivity index (χ3v) is 5.72. The van der Waals surface area contributed by atoms with E-state index in [9.17, 15) is 9.59 Å². The lowest BCUT2D eigenvalue weighted by molar-refractivity contribution is -0.145. The number of halogens is 1. The van der Waals surface area contributed by atoms with Gasteiger partial charge in [0.25, 0.3) is 5.91 Å². The molecule has 3 atom stereocenters. The zero-order valence-corrected chi connectivity index (χ0v) is 17.6. The molecule has 1 aliphatic heterocycles. The highest BCUT2D eigenvalue weighted by molar-refractivity contribution is 5.85. The van der Waals surface area contributed by atoms with Gasteiger partial charge in [-0.05, 0) is 50.3 Å². The fourth-order valence-corrected chi connectivity index (χ4v) is 3.96. The maximum absolute atomic E-state index is 12.7. The van der Waals surface area contributed by atoms with Crippen molar-refractivity contribution >= 4 is 24.2 Å². The third kappa shape index (κ3) is 5.39. The van der Waals surface area contributed by atoms with E-state index >= 15 is 0 Å². The summed E-state index contributed by atoms with van der Waals surface area (Å²) in [7, 11) is 0. The number of rotatable bonds is 5. The van der Waals surface area contributed by atoms with Crippen molar-refractivity contribution in [2.24, 2.45) is 11.7 Å². The summed E-state index contributed by atoms with van der Waals surface area (Å²) >= 11 is 0. The summed E-state index contributed by atoms with van der Waals surface area (Å²) in [6.07, 6.45) is 3.06. The lowest BCUT2D eigenvalue weighted by Gasteiger charge is -2.37. The second kappa shape index (κ2) is 10.1. The molecule has 0 aromatic heterocycles. The summed E-state index contributed by atoms with van der Waals surface area (Å²) in [5.74, 6) is 0.954. The van der Waals surface area contributed by atoms with Gasteiger partial charge in [-0.25, -0.2) is 0 Å². The summed E-state index contributed by atoms with van der Waals surface area (Å²) in [5, 5.41) is 0. The number of amides is 2. The molecule has 1 heterocycles. The first kappa shape index (κ1) is 22.5. The Balaban J connectivity index is 0.00000280. The largest absolute Gasteiger partial charge is 0.481 e. The van der Waals surface area contributed by atoms with Crippen LogP contribution in [0, 0.1) is 5.92 Å². The minimum Gasteiger partial charge on any atom is -0.481 e. The van der Waals surface area contributed by atoms with Crippen LogP contribution in [0.15, 0.2) is 24.3 Å². The summed E-state index contributed by atoms with van der Waals surface area (Å²) in [6, 6.07) is 8.01. The topological polar surface area (TPSA) is 75.9 Å². The summed E-state index contributed by atoms with van der Waals surface area (Å²) in [4.78, 5) is 29.0. The smallest absolute Gasteiger partial charge is 0.263 e. The Morgan fingerprint density at radius 2 is 1.71 bits per heavy atom. The second-order valence-corrected chi connectivity index (χ2v) is 7.68. The Morgan fingerprint density at radius 3 is 2.25 bits per heavy atom. The van der Waals surface area contributed by atoms with Crippen LogP contribution < -0.4 is 10.5 Å². The van der Waals surface area contributed by atoms with Crippen molar-refractivity contribution in [2.75, 3.05) is 26.2 Å². The van der Waals surface area contributed by atoms with Crippen LogP contribution in [-0.4, -0.2) is 59.9 Å². The lowest BCUT2D eigenvalue weighted by atomic mass is 10.1. The number of nitrogens with two attached hydrogens (primary N) is 1. The molecule has 2 fully saturated rings. The number of piperazine rings is 1. The van der Waals surface area contributed by atoms with Crippen LogP contribution in [-0.2, 0) is 16.0 Å². The highest BCUT2D eigenvalue weighted by Crippen LogP contribution is 2.26. The molecule has 2 amide bonds. The van der Waals surface area contributed by atoms with Gasteiger partial charge in [0.1, 0.15) is 5.75 Å². The van der Waals surface area contributed by atoms with Crippen LogP contribution in [0.5, 0.6) is 5.75 Å². The van der Waals surface area contributed by atoms with Gasteiger partial charge in [-0.2, -0.15) is 0 Å². The SMILES string of the molecule is CCc1ccc(OC(C)C(=O)N2CCN(C(=O)C3CCC(N)C3)CC2)cc1.Cl. The molecule has 3 rings (SSSR count). The van der Waals surface area contributed by atoms with Crippen molar-refractivity contribution in [3.05, 3.63) is 29.8 Å². The van der Waals surface area contributed by atoms with Gasteiger partial charge in [0, 0.05) is 38.1 Å². The minimum absolute atomic E-state index is 0. The Labute approximate surface area is 173 Å². The number of hydrogen-bond donors (Lipinski definition) is 1. The van der Waals surface area contributed by atoms with Gasteiger partial charge in [0.15, 0.2) is 6.10 Å². The van der Waals surface area contributed by atoms with Crippen molar-refractivity contribution in [3.8, 4) is 5.75 Å². The number of carbonyl (C=O) groups excluding carboxylic acids is 2. The standard InChI is InChI=1S/C21H31N3O3.ClH/c1-3-16-4-8-19(9-5-16)27-15(2)20(25)23-10-12-24(13-11-23)21(26)17-6-7-18(22)14-17;/h4-5,8-9,15,17-18H,3,6-7,10-14,22H2,1-2H3;1H. The van der Waals surface area contributed by atoms with Crippen molar-refractivity contribution in [1.82, 2.24) is 9.80 Å². The monoisotopic (exact) mass is 409 g/mol. The van der Waals surface area contributed by atoms with E-state index in [0.717, 1.165) is 25.7 Å². The molecule has 1 aromatic rings. The Bertz CT molecular complexity index is 659. The van der Waals surface area contributed by atoms with Crippen LogP contribution >= 0.6 is 12.4 Å². The summed E-state index contributed by atoms with van der Waals surface area (Å²) in [5.41, 5.74) is 7.17. The molecular weight excluding hydrogens is 378 g/mol. The molecule has 0 bridgehead atoms. The fourth-order valence-electron chi connectivity index (χ4n) is 3.96. The van der Waals surface area contributed by atoms with Gasteiger partial charge in [-0.1, -0.05) is 19.1 Å². The van der Waals surface area contributed by atoms with Crippen molar-refractivity contribution < 1.29 is 14.3 Å². The van der Waals surface area contributed by atoms with Gasteiger partial charge in [-0.3, -0.25) is 9.59 Å². The van der Waals surface area contributed by atoms with E-state index in [2.05, 4.69) is 6.92 Å². The molecule has 156 valence electrons. The molecule has 1 aromatic carbocycles. The second-order valence-electron chi connectivity index (χ2n) is 7.68. The van der Waals surface area contributed by atoms with Crippen molar-refractivity contribution in [3.63, 3.8) is 0 Å². The molecule has 6 nitrogen and oxygen atoms in total. The van der Waals surface area contributed by atoms with Gasteiger partial charge in [-0.15, -0.1) is 12.4 Å². The highest BCUT2D eigenvalue weighted by Gasteiger charge is 2.34. The number of ether oxygens (including phenoxy) is 1. The van der Waals surface area contributed by atoms with Crippen LogP contribution in [0.1, 0.15) is 38.7 Å². The van der Waals surface area contributed by atoms with E-state index in [1.54, 1.807) is 11.8 Å². The number of aryl methyl sites for hydroxylation is 1. The molecule has 1 saturated heterocycles. The molecule has 2 aliphatic rings. The first-order chi connectivity index (χ1) is 13.0. The van der Waals surface area contributed by atoms with E-state index in [-0.39, 0.29) is 36.2 Å². The molecule has 3 unspecified atom stereocenters. The van der Waals surface area contributed by atoms with Crippen molar-refractivity contribution in [1.29, 1.82) is 0 Å². The Morgan fingerprint density at radius 1 is 1.11 bits per heavy atom. The molecule has 1 aliphatic carbocycles.